The Morgan fingerprint density at radius 2 is 1.82 bits per heavy atom. The van der Waals surface area contributed by atoms with Crippen molar-refractivity contribution in [1.82, 2.24) is 4.98 Å². The molecule has 10 atom stereocenters. The summed E-state index contributed by atoms with van der Waals surface area (Å²) in [5.41, 5.74) is -1.03. The van der Waals surface area contributed by atoms with Gasteiger partial charge in [0.05, 0.1) is 23.4 Å². The van der Waals surface area contributed by atoms with Crippen molar-refractivity contribution < 1.29 is 35.0 Å². The van der Waals surface area contributed by atoms with E-state index in [1.54, 1.807) is 27.7 Å². The van der Waals surface area contributed by atoms with Crippen LogP contribution in [0.2, 0.25) is 0 Å². The number of rotatable bonds is 4. The predicted molar refractivity (Wildman–Crippen MR) is 149 cm³/mol. The molecule has 4 fully saturated rings. The van der Waals surface area contributed by atoms with Crippen LogP contribution in [0.15, 0.2) is 18.2 Å². The molecule has 1 aromatic heterocycles. The molecule has 6 N–H and O–H groups in total. The lowest BCUT2D eigenvalue weighted by molar-refractivity contribution is -0.280. The highest BCUT2D eigenvalue weighted by atomic mass is 16.7. The number of aliphatic hydroxyl groups is 5. The lowest BCUT2D eigenvalue weighted by atomic mass is 9.40. The van der Waals surface area contributed by atoms with E-state index in [1.807, 2.05) is 6.07 Å². The predicted octanol–water partition coefficient (Wildman–Crippen LogP) is 2.63. The molecule has 8 nitrogen and oxygen atoms in total. The van der Waals surface area contributed by atoms with Crippen molar-refractivity contribution in [3.05, 3.63) is 35.0 Å². The number of aromatic amines is 1. The zero-order valence-electron chi connectivity index (χ0n) is 24.5. The third kappa shape index (κ3) is 3.11. The summed E-state index contributed by atoms with van der Waals surface area (Å²) >= 11 is 0. The number of fused-ring (bicyclic) bond motifs is 7. The molecular weight excluding hydrogens is 510 g/mol. The highest BCUT2D eigenvalue weighted by molar-refractivity contribution is 5.87. The molecule has 1 spiro atoms. The molecule has 2 aliphatic heterocycles. The molecule has 8 heteroatoms. The van der Waals surface area contributed by atoms with Crippen molar-refractivity contribution in [1.29, 1.82) is 0 Å². The van der Waals surface area contributed by atoms with Crippen LogP contribution in [-0.4, -0.2) is 83.4 Å². The molecule has 5 aliphatic rings. The van der Waals surface area contributed by atoms with Crippen LogP contribution in [0.3, 0.4) is 0 Å². The van der Waals surface area contributed by atoms with Crippen molar-refractivity contribution in [2.24, 2.45) is 11.3 Å². The summed E-state index contributed by atoms with van der Waals surface area (Å²) in [4.78, 5) is 3.77. The molecule has 2 aromatic rings. The van der Waals surface area contributed by atoms with Crippen LogP contribution in [0, 0.1) is 11.3 Å². The molecule has 3 heterocycles. The van der Waals surface area contributed by atoms with Crippen molar-refractivity contribution in [2.45, 2.75) is 138 Å². The number of ether oxygens (including phenoxy) is 2. The lowest BCUT2D eigenvalue weighted by Gasteiger charge is -2.66. The molecule has 220 valence electrons. The molecule has 0 radical (unpaired) electrons. The Hall–Kier alpha value is -1.52. The van der Waals surface area contributed by atoms with Gasteiger partial charge in [-0.2, -0.15) is 0 Å². The maximum Gasteiger partial charge on any atom is 0.152 e. The Morgan fingerprint density at radius 3 is 2.50 bits per heavy atom. The summed E-state index contributed by atoms with van der Waals surface area (Å²) < 4.78 is 12.7. The van der Waals surface area contributed by atoms with Gasteiger partial charge in [-0.1, -0.05) is 26.0 Å². The van der Waals surface area contributed by atoms with E-state index < -0.39 is 52.2 Å². The maximum atomic E-state index is 12.8. The number of aliphatic hydroxyl groups excluding tert-OH is 2. The minimum Gasteiger partial charge on any atom is -0.390 e. The van der Waals surface area contributed by atoms with E-state index in [1.165, 1.54) is 16.6 Å². The fourth-order valence-electron chi connectivity index (χ4n) is 9.67. The topological polar surface area (TPSA) is 139 Å². The van der Waals surface area contributed by atoms with Crippen molar-refractivity contribution in [2.75, 3.05) is 0 Å². The molecule has 2 saturated heterocycles. The average Bonchev–Trinajstić information content (AvgIpc) is 3.44. The summed E-state index contributed by atoms with van der Waals surface area (Å²) in [5, 5.41) is 56.6. The second-order valence-corrected chi connectivity index (χ2v) is 15.1. The van der Waals surface area contributed by atoms with E-state index in [2.05, 4.69) is 31.0 Å². The smallest absolute Gasteiger partial charge is 0.152 e. The van der Waals surface area contributed by atoms with Crippen molar-refractivity contribution in [3.63, 3.8) is 0 Å². The van der Waals surface area contributed by atoms with Gasteiger partial charge in [0.1, 0.15) is 23.9 Å². The van der Waals surface area contributed by atoms with E-state index in [9.17, 15) is 25.5 Å². The molecule has 0 bridgehead atoms. The fraction of sp³-hybridized carbons (Fsp3) is 0.750. The first-order valence-electron chi connectivity index (χ1n) is 15.0. The summed E-state index contributed by atoms with van der Waals surface area (Å²) in [6, 6.07) is 6.25. The summed E-state index contributed by atoms with van der Waals surface area (Å²) in [6.45, 7) is 11.1. The monoisotopic (exact) mass is 555 g/mol. The first-order valence-corrected chi connectivity index (χ1v) is 15.0. The van der Waals surface area contributed by atoms with E-state index >= 15 is 0 Å². The number of nitrogens with one attached hydrogen (secondary N) is 1. The van der Waals surface area contributed by atoms with Gasteiger partial charge in [0.15, 0.2) is 5.60 Å². The van der Waals surface area contributed by atoms with Gasteiger partial charge < -0.3 is 40.0 Å². The van der Waals surface area contributed by atoms with Gasteiger partial charge in [0.25, 0.3) is 0 Å². The van der Waals surface area contributed by atoms with Gasteiger partial charge >= 0.3 is 0 Å². The standard InChI is InChI=1S/C32H45NO7/c1-27(2,36)21(34)14-16-7-8-18-19-15-17-9-12-31(38)29(5,30(17,6)24(19)33-20(18)13-16)11-10-22-32(31)26(40-32)23(35)25(39-22)28(3,4)37/h7-8,13,17,21-23,25-26,33-38H,9-12,14-15H2,1-6H3/t17-,21-,22-,23+,25-,26+,29+,30+,31-,32-/m0/s1. The summed E-state index contributed by atoms with van der Waals surface area (Å²) in [6.07, 6.45) is 0.541. The highest BCUT2D eigenvalue weighted by Gasteiger charge is 2.86. The van der Waals surface area contributed by atoms with Gasteiger partial charge in [-0.3, -0.25) is 0 Å². The van der Waals surface area contributed by atoms with Crippen molar-refractivity contribution >= 4 is 10.9 Å². The van der Waals surface area contributed by atoms with Gasteiger partial charge in [0.2, 0.25) is 0 Å². The average molecular weight is 556 g/mol. The Labute approximate surface area is 235 Å². The van der Waals surface area contributed by atoms with Crippen LogP contribution in [-0.2, 0) is 27.7 Å². The number of epoxide rings is 1. The van der Waals surface area contributed by atoms with Gasteiger partial charge in [-0.05, 0) is 82.9 Å². The number of aromatic nitrogens is 1. The van der Waals surface area contributed by atoms with Crippen LogP contribution in [0.4, 0.5) is 0 Å². The number of H-pyrrole nitrogens is 1. The summed E-state index contributed by atoms with van der Waals surface area (Å²) in [5.74, 6) is 0.365. The van der Waals surface area contributed by atoms with Crippen LogP contribution in [0.1, 0.15) is 84.0 Å². The molecule has 3 aliphatic carbocycles. The van der Waals surface area contributed by atoms with E-state index in [-0.39, 0.29) is 11.5 Å². The SMILES string of the molecule is CC(C)(O)[C@@H](O)Cc1ccc2c3c([nH]c2c1)[C@@]1(C)[C@@H](CC[C@@]2(O)[C@@]45O[C@@H]4[C@H](O)[C@@H](C(C)(C)O)O[C@H]5CC[C@@]21C)C3. The Bertz CT molecular complexity index is 1370. The quantitative estimate of drug-likeness (QED) is 0.319. The maximum absolute atomic E-state index is 12.8. The van der Waals surface area contributed by atoms with Crippen LogP contribution >= 0.6 is 0 Å². The first kappa shape index (κ1) is 27.3. The normalized spacial score (nSPS) is 44.8. The largest absolute Gasteiger partial charge is 0.390 e. The number of benzene rings is 1. The molecular formula is C32H45NO7. The molecule has 7 rings (SSSR count). The Balaban J connectivity index is 1.28. The molecule has 1 aromatic carbocycles. The molecule has 2 saturated carbocycles. The first-order chi connectivity index (χ1) is 18.5. The van der Waals surface area contributed by atoms with E-state index in [0.717, 1.165) is 30.3 Å². The minimum absolute atomic E-state index is 0.352. The third-order valence-electron chi connectivity index (χ3n) is 12.3. The number of hydrogen-bond acceptors (Lipinski definition) is 7. The summed E-state index contributed by atoms with van der Waals surface area (Å²) in [7, 11) is 0. The van der Waals surface area contributed by atoms with Crippen LogP contribution < -0.4 is 0 Å². The lowest BCUT2D eigenvalue weighted by Crippen LogP contribution is -2.76. The van der Waals surface area contributed by atoms with Gasteiger partial charge in [0, 0.05) is 33.8 Å². The Kier molecular flexibility index (Phi) is 5.39. The third-order valence-corrected chi connectivity index (χ3v) is 12.3. The van der Waals surface area contributed by atoms with E-state index in [0.29, 0.717) is 25.2 Å². The second-order valence-electron chi connectivity index (χ2n) is 15.1. The van der Waals surface area contributed by atoms with E-state index in [4.69, 9.17) is 9.47 Å². The zero-order chi connectivity index (χ0) is 28.8. The molecule has 0 unspecified atom stereocenters. The molecule has 0 amide bonds. The van der Waals surface area contributed by atoms with Crippen LogP contribution in [0.5, 0.6) is 0 Å². The minimum atomic E-state index is -1.23. The van der Waals surface area contributed by atoms with Gasteiger partial charge in [-0.15, -0.1) is 0 Å². The zero-order valence-corrected chi connectivity index (χ0v) is 24.5. The highest BCUT2D eigenvalue weighted by Crippen LogP contribution is 2.74. The van der Waals surface area contributed by atoms with Gasteiger partial charge in [-0.25, -0.2) is 0 Å². The van der Waals surface area contributed by atoms with Crippen molar-refractivity contribution in [3.8, 4) is 0 Å². The molecule has 40 heavy (non-hydrogen) atoms. The fourth-order valence-corrected chi connectivity index (χ4v) is 9.67. The van der Waals surface area contributed by atoms with Crippen LogP contribution in [0.25, 0.3) is 10.9 Å². The number of hydrogen-bond donors (Lipinski definition) is 6. The second kappa shape index (κ2) is 7.90. The Morgan fingerprint density at radius 1 is 1.10 bits per heavy atom.